The van der Waals surface area contributed by atoms with E-state index in [1.54, 1.807) is 0 Å². The molecule has 0 saturated heterocycles. The molecule has 0 unspecified atom stereocenters. The third-order valence-corrected chi connectivity index (χ3v) is 5.95. The van der Waals surface area contributed by atoms with Crippen molar-refractivity contribution in [1.82, 2.24) is 4.31 Å². The lowest BCUT2D eigenvalue weighted by Crippen LogP contribution is -2.32. The number of carboxylic acid groups (broad SMARTS) is 1. The lowest BCUT2D eigenvalue weighted by atomic mass is 10.2. The second-order valence-corrected chi connectivity index (χ2v) is 7.65. The molecule has 5 nitrogen and oxygen atoms in total. The van der Waals surface area contributed by atoms with Gasteiger partial charge < -0.3 is 5.11 Å². The predicted octanol–water partition coefficient (Wildman–Crippen LogP) is 3.61. The molecule has 21 heavy (non-hydrogen) atoms. The quantitative estimate of drug-likeness (QED) is 0.761. The summed E-state index contributed by atoms with van der Waals surface area (Å²) >= 11 is 8.98. The number of hydrogen-bond acceptors (Lipinski definition) is 3. The van der Waals surface area contributed by atoms with E-state index in [9.17, 15) is 13.2 Å². The van der Waals surface area contributed by atoms with Gasteiger partial charge in [-0.15, -0.1) is 0 Å². The largest absolute Gasteiger partial charge is 0.478 e. The van der Waals surface area contributed by atoms with Gasteiger partial charge in [0, 0.05) is 17.6 Å². The van der Waals surface area contributed by atoms with Crippen molar-refractivity contribution in [1.29, 1.82) is 0 Å². The molecule has 0 atom stereocenters. The number of nitrogens with zero attached hydrogens (tertiary/aromatic N) is 1. The van der Waals surface area contributed by atoms with E-state index < -0.39 is 16.0 Å². The van der Waals surface area contributed by atoms with Crippen molar-refractivity contribution in [3.8, 4) is 0 Å². The zero-order valence-electron chi connectivity index (χ0n) is 11.8. The maximum absolute atomic E-state index is 12.6. The Morgan fingerprint density at radius 3 is 2.24 bits per heavy atom. The van der Waals surface area contributed by atoms with E-state index >= 15 is 0 Å². The van der Waals surface area contributed by atoms with Crippen molar-refractivity contribution in [2.45, 2.75) is 31.6 Å². The fourth-order valence-electron chi connectivity index (χ4n) is 1.87. The minimum Gasteiger partial charge on any atom is -0.478 e. The molecule has 118 valence electrons. The Kier molecular flexibility index (Phi) is 6.65. The van der Waals surface area contributed by atoms with E-state index in [1.807, 2.05) is 13.8 Å². The first-order valence-corrected chi connectivity index (χ1v) is 9.09. The van der Waals surface area contributed by atoms with Crippen LogP contribution in [0.1, 0.15) is 37.0 Å². The molecule has 0 amide bonds. The maximum Gasteiger partial charge on any atom is 0.337 e. The Labute approximate surface area is 138 Å². The number of hydrogen-bond donors (Lipinski definition) is 1. The van der Waals surface area contributed by atoms with Crippen LogP contribution in [0.2, 0.25) is 5.02 Å². The summed E-state index contributed by atoms with van der Waals surface area (Å²) in [4.78, 5) is 11.1. The van der Waals surface area contributed by atoms with E-state index in [0.717, 1.165) is 6.07 Å². The van der Waals surface area contributed by atoms with Crippen molar-refractivity contribution in [3.05, 3.63) is 27.2 Å². The Morgan fingerprint density at radius 1 is 1.29 bits per heavy atom. The Balaban J connectivity index is 3.40. The van der Waals surface area contributed by atoms with E-state index in [1.165, 1.54) is 10.4 Å². The molecule has 1 N–H and O–H groups in total. The highest BCUT2D eigenvalue weighted by molar-refractivity contribution is 9.10. The normalized spacial score (nSPS) is 11.9. The highest BCUT2D eigenvalue weighted by Gasteiger charge is 2.26. The van der Waals surface area contributed by atoms with Crippen LogP contribution in [0.3, 0.4) is 0 Å². The topological polar surface area (TPSA) is 74.7 Å². The summed E-state index contributed by atoms with van der Waals surface area (Å²) < 4.78 is 26.8. The molecular weight excluding hydrogens is 382 g/mol. The average Bonchev–Trinajstić information content (AvgIpc) is 2.40. The Bertz CT molecular complexity index is 627. The highest BCUT2D eigenvalue weighted by Crippen LogP contribution is 2.31. The van der Waals surface area contributed by atoms with Crippen LogP contribution in [0, 0.1) is 0 Å². The summed E-state index contributed by atoms with van der Waals surface area (Å²) in [7, 11) is -3.74. The number of carbonyl (C=O) groups is 1. The molecule has 1 rings (SSSR count). The number of halogens is 2. The van der Waals surface area contributed by atoms with Gasteiger partial charge in [0.15, 0.2) is 0 Å². The molecule has 0 fully saturated rings. The molecule has 1 aromatic carbocycles. The molecule has 0 heterocycles. The lowest BCUT2D eigenvalue weighted by Gasteiger charge is -2.21. The molecule has 0 aliphatic carbocycles. The van der Waals surface area contributed by atoms with Crippen LogP contribution in [0.4, 0.5) is 0 Å². The molecule has 0 aliphatic rings. The Morgan fingerprint density at radius 2 is 1.81 bits per heavy atom. The van der Waals surface area contributed by atoms with Crippen molar-refractivity contribution in [2.24, 2.45) is 0 Å². The van der Waals surface area contributed by atoms with Crippen molar-refractivity contribution in [3.63, 3.8) is 0 Å². The molecule has 0 saturated carbocycles. The maximum atomic E-state index is 12.6. The molecule has 8 heteroatoms. The van der Waals surface area contributed by atoms with Gasteiger partial charge in [0.25, 0.3) is 0 Å². The fourth-order valence-corrected chi connectivity index (χ4v) is 4.35. The summed E-state index contributed by atoms with van der Waals surface area (Å²) in [6.07, 6.45) is 1.36. The van der Waals surface area contributed by atoms with Crippen LogP contribution >= 0.6 is 27.5 Å². The van der Waals surface area contributed by atoms with Crippen molar-refractivity contribution < 1.29 is 18.3 Å². The number of carboxylic acids is 1. The zero-order chi connectivity index (χ0) is 16.2. The van der Waals surface area contributed by atoms with Crippen LogP contribution in [-0.4, -0.2) is 36.9 Å². The second kappa shape index (κ2) is 7.58. The van der Waals surface area contributed by atoms with Gasteiger partial charge in [-0.2, -0.15) is 4.31 Å². The van der Waals surface area contributed by atoms with Crippen LogP contribution in [0.15, 0.2) is 21.5 Å². The SMILES string of the molecule is CCCN(CCC)S(=O)(=O)c1cc(Br)c(Cl)c(C(=O)O)c1. The van der Waals surface area contributed by atoms with Crippen LogP contribution in [0.25, 0.3) is 0 Å². The summed E-state index contributed by atoms with van der Waals surface area (Å²) in [5.41, 5.74) is -0.238. The monoisotopic (exact) mass is 397 g/mol. The van der Waals surface area contributed by atoms with E-state index in [-0.39, 0.29) is 20.0 Å². The molecule has 0 radical (unpaired) electrons. The van der Waals surface area contributed by atoms with E-state index in [2.05, 4.69) is 15.9 Å². The number of rotatable bonds is 7. The number of benzene rings is 1. The first-order chi connectivity index (χ1) is 9.75. The smallest absolute Gasteiger partial charge is 0.337 e. The van der Waals surface area contributed by atoms with Gasteiger partial charge in [0.1, 0.15) is 0 Å². The highest BCUT2D eigenvalue weighted by atomic mass is 79.9. The van der Waals surface area contributed by atoms with Gasteiger partial charge in [-0.1, -0.05) is 25.4 Å². The average molecular weight is 399 g/mol. The first kappa shape index (κ1) is 18.4. The Hall–Kier alpha value is -0.630. The number of aromatic carboxylic acids is 1. The van der Waals surface area contributed by atoms with Crippen molar-refractivity contribution >= 4 is 43.5 Å². The summed E-state index contributed by atoms with van der Waals surface area (Å²) in [6, 6.07) is 2.44. The lowest BCUT2D eigenvalue weighted by molar-refractivity contribution is 0.0696. The van der Waals surface area contributed by atoms with Gasteiger partial charge in [-0.25, -0.2) is 13.2 Å². The minimum absolute atomic E-state index is 0.0148. The second-order valence-electron chi connectivity index (χ2n) is 4.48. The van der Waals surface area contributed by atoms with Crippen LogP contribution < -0.4 is 0 Å². The third-order valence-electron chi connectivity index (χ3n) is 2.82. The van der Waals surface area contributed by atoms with Crippen LogP contribution in [0.5, 0.6) is 0 Å². The van der Waals surface area contributed by atoms with Crippen LogP contribution in [-0.2, 0) is 10.0 Å². The van der Waals surface area contributed by atoms with Gasteiger partial charge in [0.2, 0.25) is 10.0 Å². The summed E-state index contributed by atoms with van der Waals surface area (Å²) in [5.74, 6) is -1.27. The predicted molar refractivity (Wildman–Crippen MR) is 85.5 cm³/mol. The zero-order valence-corrected chi connectivity index (χ0v) is 14.9. The standard InChI is InChI=1S/C13H17BrClNO4S/c1-3-5-16(6-4-2)21(19,20)9-7-10(13(17)18)12(15)11(14)8-9/h7-8H,3-6H2,1-2H3,(H,17,18). The van der Waals surface area contributed by atoms with Gasteiger partial charge >= 0.3 is 5.97 Å². The molecular formula is C13H17BrClNO4S. The third kappa shape index (κ3) is 4.18. The minimum atomic E-state index is -3.74. The molecule has 0 aliphatic heterocycles. The van der Waals surface area contributed by atoms with Gasteiger partial charge in [-0.3, -0.25) is 0 Å². The molecule has 1 aromatic rings. The van der Waals surface area contributed by atoms with Crippen molar-refractivity contribution in [2.75, 3.05) is 13.1 Å². The first-order valence-electron chi connectivity index (χ1n) is 6.48. The summed E-state index contributed by atoms with van der Waals surface area (Å²) in [5, 5.41) is 9.10. The van der Waals surface area contributed by atoms with Gasteiger partial charge in [0.05, 0.1) is 15.5 Å². The molecule has 0 bridgehead atoms. The van der Waals surface area contributed by atoms with E-state index in [0.29, 0.717) is 25.9 Å². The van der Waals surface area contributed by atoms with Gasteiger partial charge in [-0.05, 0) is 40.9 Å². The number of sulfonamides is 1. The molecule has 0 aromatic heterocycles. The fraction of sp³-hybridized carbons (Fsp3) is 0.462. The van der Waals surface area contributed by atoms with E-state index in [4.69, 9.17) is 16.7 Å². The summed E-state index contributed by atoms with van der Waals surface area (Å²) in [6.45, 7) is 4.55. The molecule has 0 spiro atoms.